The number of ether oxygens (including phenoxy) is 3. The Kier molecular flexibility index (Phi) is 8.01. The molecule has 3 rings (SSSR count). The van der Waals surface area contributed by atoms with Crippen LogP contribution < -0.4 is 4.74 Å². The normalized spacial score (nSPS) is 18.1. The lowest BCUT2D eigenvalue weighted by Gasteiger charge is -2.17. The standard InChI is InChI=1S/C24H34N2O3/c1-4-5-6-7-8-9-10-19-15-25-23(26-16-19)20-11-13-21(14-12-20)27-17-22-18-28-24(2,3)29-22/h11-16,22H,4-10,17-18H2,1-3H3/t22-/m0/s1. The van der Waals surface area contributed by atoms with Crippen molar-refractivity contribution >= 4 is 0 Å². The van der Waals surface area contributed by atoms with Gasteiger partial charge in [-0.2, -0.15) is 0 Å². The van der Waals surface area contributed by atoms with Crippen molar-refractivity contribution in [1.82, 2.24) is 9.97 Å². The van der Waals surface area contributed by atoms with Crippen LogP contribution in [0.2, 0.25) is 0 Å². The first-order valence-corrected chi connectivity index (χ1v) is 10.9. The molecule has 1 aliphatic rings. The Morgan fingerprint density at radius 1 is 1.00 bits per heavy atom. The van der Waals surface area contributed by atoms with Gasteiger partial charge in [-0.15, -0.1) is 0 Å². The molecule has 0 spiro atoms. The zero-order chi connectivity index (χ0) is 20.5. The first-order chi connectivity index (χ1) is 14.1. The minimum Gasteiger partial charge on any atom is -0.491 e. The van der Waals surface area contributed by atoms with E-state index in [2.05, 4.69) is 16.9 Å². The fourth-order valence-electron chi connectivity index (χ4n) is 3.48. The molecule has 1 atom stereocenters. The molecule has 158 valence electrons. The van der Waals surface area contributed by atoms with E-state index in [0.29, 0.717) is 13.2 Å². The summed E-state index contributed by atoms with van der Waals surface area (Å²) in [5.74, 6) is 1.04. The fourth-order valence-corrected chi connectivity index (χ4v) is 3.48. The van der Waals surface area contributed by atoms with E-state index in [1.807, 2.05) is 50.5 Å². The number of hydrogen-bond donors (Lipinski definition) is 0. The van der Waals surface area contributed by atoms with Crippen LogP contribution in [-0.4, -0.2) is 35.1 Å². The van der Waals surface area contributed by atoms with Crippen molar-refractivity contribution in [1.29, 1.82) is 0 Å². The molecule has 5 nitrogen and oxygen atoms in total. The number of benzene rings is 1. The van der Waals surface area contributed by atoms with Gasteiger partial charge in [0.2, 0.25) is 0 Å². The Morgan fingerprint density at radius 3 is 2.34 bits per heavy atom. The Hall–Kier alpha value is -1.98. The van der Waals surface area contributed by atoms with E-state index >= 15 is 0 Å². The molecule has 2 aromatic rings. The van der Waals surface area contributed by atoms with E-state index in [1.165, 1.54) is 44.1 Å². The molecule has 0 N–H and O–H groups in total. The van der Waals surface area contributed by atoms with E-state index in [4.69, 9.17) is 14.2 Å². The SMILES string of the molecule is CCCCCCCCc1cnc(-c2ccc(OC[C@H]3COC(C)(C)O3)cc2)nc1. The Balaban J connectivity index is 1.43. The second kappa shape index (κ2) is 10.7. The smallest absolute Gasteiger partial charge is 0.163 e. The van der Waals surface area contributed by atoms with E-state index in [0.717, 1.165) is 23.6 Å². The molecule has 1 aromatic heterocycles. The van der Waals surface area contributed by atoms with Gasteiger partial charge in [0.25, 0.3) is 0 Å². The molecule has 0 bridgehead atoms. The average Bonchev–Trinajstić information content (AvgIpc) is 3.09. The molecule has 1 fully saturated rings. The number of aromatic nitrogens is 2. The first kappa shape index (κ1) is 21.7. The van der Waals surface area contributed by atoms with Gasteiger partial charge in [-0.25, -0.2) is 9.97 Å². The van der Waals surface area contributed by atoms with Crippen LogP contribution in [0.15, 0.2) is 36.7 Å². The molecule has 0 amide bonds. The van der Waals surface area contributed by atoms with Crippen LogP contribution in [0, 0.1) is 0 Å². The summed E-state index contributed by atoms with van der Waals surface area (Å²) in [6.07, 6.45) is 12.8. The monoisotopic (exact) mass is 398 g/mol. The Morgan fingerprint density at radius 2 is 1.69 bits per heavy atom. The molecular weight excluding hydrogens is 364 g/mol. The number of unbranched alkanes of at least 4 members (excludes halogenated alkanes) is 5. The van der Waals surface area contributed by atoms with Crippen LogP contribution in [0.4, 0.5) is 0 Å². The van der Waals surface area contributed by atoms with Gasteiger partial charge in [-0.05, 0) is 56.5 Å². The van der Waals surface area contributed by atoms with Crippen molar-refractivity contribution < 1.29 is 14.2 Å². The minimum atomic E-state index is -0.517. The number of hydrogen-bond acceptors (Lipinski definition) is 5. The molecule has 0 unspecified atom stereocenters. The summed E-state index contributed by atoms with van der Waals surface area (Å²) in [6, 6.07) is 7.88. The van der Waals surface area contributed by atoms with Crippen molar-refractivity contribution in [2.24, 2.45) is 0 Å². The molecule has 0 saturated carbocycles. The van der Waals surface area contributed by atoms with Gasteiger partial charge in [-0.1, -0.05) is 39.0 Å². The lowest BCUT2D eigenvalue weighted by Crippen LogP contribution is -2.25. The molecule has 1 saturated heterocycles. The van der Waals surface area contributed by atoms with Crippen LogP contribution in [-0.2, 0) is 15.9 Å². The van der Waals surface area contributed by atoms with E-state index in [-0.39, 0.29) is 6.10 Å². The second-order valence-corrected chi connectivity index (χ2v) is 8.22. The largest absolute Gasteiger partial charge is 0.491 e. The van der Waals surface area contributed by atoms with E-state index in [9.17, 15) is 0 Å². The van der Waals surface area contributed by atoms with Crippen molar-refractivity contribution in [3.63, 3.8) is 0 Å². The summed E-state index contributed by atoms with van der Waals surface area (Å²) in [4.78, 5) is 9.09. The summed E-state index contributed by atoms with van der Waals surface area (Å²) in [6.45, 7) is 7.12. The van der Waals surface area contributed by atoms with Crippen molar-refractivity contribution in [2.75, 3.05) is 13.2 Å². The molecule has 0 radical (unpaired) electrons. The van der Waals surface area contributed by atoms with E-state index < -0.39 is 5.79 Å². The predicted octanol–water partition coefficient (Wildman–Crippen LogP) is 5.58. The third kappa shape index (κ3) is 7.09. The molecule has 0 aliphatic carbocycles. The minimum absolute atomic E-state index is 0.0350. The van der Waals surface area contributed by atoms with Crippen LogP contribution in [0.25, 0.3) is 11.4 Å². The first-order valence-electron chi connectivity index (χ1n) is 10.9. The summed E-state index contributed by atoms with van der Waals surface area (Å²) in [5, 5.41) is 0. The summed E-state index contributed by atoms with van der Waals surface area (Å²) in [5.41, 5.74) is 2.20. The summed E-state index contributed by atoms with van der Waals surface area (Å²) in [7, 11) is 0. The molecule has 29 heavy (non-hydrogen) atoms. The predicted molar refractivity (Wildman–Crippen MR) is 115 cm³/mol. The zero-order valence-electron chi connectivity index (χ0n) is 18.0. The number of aryl methyl sites for hydroxylation is 1. The highest BCUT2D eigenvalue weighted by atomic mass is 16.7. The maximum absolute atomic E-state index is 5.83. The molecule has 1 aliphatic heterocycles. The average molecular weight is 399 g/mol. The van der Waals surface area contributed by atoms with Gasteiger partial charge in [0.1, 0.15) is 18.5 Å². The van der Waals surface area contributed by atoms with Crippen LogP contribution in [0.3, 0.4) is 0 Å². The lowest BCUT2D eigenvalue weighted by atomic mass is 10.1. The van der Waals surface area contributed by atoms with Gasteiger partial charge < -0.3 is 14.2 Å². The number of rotatable bonds is 11. The molecule has 1 aromatic carbocycles. The quantitative estimate of drug-likeness (QED) is 0.463. The lowest BCUT2D eigenvalue weighted by molar-refractivity contribution is -0.141. The van der Waals surface area contributed by atoms with Gasteiger partial charge in [0.15, 0.2) is 11.6 Å². The molecule has 5 heteroatoms. The van der Waals surface area contributed by atoms with Gasteiger partial charge >= 0.3 is 0 Å². The van der Waals surface area contributed by atoms with Gasteiger partial charge in [0, 0.05) is 18.0 Å². The molecular formula is C24H34N2O3. The fraction of sp³-hybridized carbons (Fsp3) is 0.583. The highest BCUT2D eigenvalue weighted by Gasteiger charge is 2.32. The van der Waals surface area contributed by atoms with Crippen LogP contribution >= 0.6 is 0 Å². The summed E-state index contributed by atoms with van der Waals surface area (Å²) >= 11 is 0. The highest BCUT2D eigenvalue weighted by molar-refractivity contribution is 5.55. The zero-order valence-corrected chi connectivity index (χ0v) is 18.0. The second-order valence-electron chi connectivity index (χ2n) is 8.22. The van der Waals surface area contributed by atoms with Crippen LogP contribution in [0.5, 0.6) is 5.75 Å². The van der Waals surface area contributed by atoms with Gasteiger partial charge in [0.05, 0.1) is 6.61 Å². The third-order valence-electron chi connectivity index (χ3n) is 5.14. The van der Waals surface area contributed by atoms with Crippen molar-refractivity contribution in [3.8, 4) is 17.1 Å². The maximum atomic E-state index is 5.83. The number of nitrogens with zero attached hydrogens (tertiary/aromatic N) is 2. The van der Waals surface area contributed by atoms with Crippen molar-refractivity contribution in [2.45, 2.75) is 77.6 Å². The molecule has 2 heterocycles. The van der Waals surface area contributed by atoms with Crippen LogP contribution in [0.1, 0.15) is 64.9 Å². The van der Waals surface area contributed by atoms with E-state index in [1.54, 1.807) is 0 Å². The van der Waals surface area contributed by atoms with Gasteiger partial charge in [-0.3, -0.25) is 0 Å². The highest BCUT2D eigenvalue weighted by Crippen LogP contribution is 2.24. The Labute approximate surface area is 174 Å². The third-order valence-corrected chi connectivity index (χ3v) is 5.14. The maximum Gasteiger partial charge on any atom is 0.163 e. The topological polar surface area (TPSA) is 53.5 Å². The van der Waals surface area contributed by atoms with Crippen molar-refractivity contribution in [3.05, 3.63) is 42.2 Å². The summed E-state index contributed by atoms with van der Waals surface area (Å²) < 4.78 is 17.1. The Bertz CT molecular complexity index is 729.